The van der Waals surface area contributed by atoms with E-state index in [1.54, 1.807) is 0 Å². The van der Waals surface area contributed by atoms with Crippen molar-refractivity contribution >= 4 is 0 Å². The van der Waals surface area contributed by atoms with Crippen molar-refractivity contribution in [2.75, 3.05) is 19.8 Å². The summed E-state index contributed by atoms with van der Waals surface area (Å²) in [6.07, 6.45) is 2.94. The summed E-state index contributed by atoms with van der Waals surface area (Å²) in [6.45, 7) is 13.6. The minimum Gasteiger partial charge on any atom is -0.396 e. The van der Waals surface area contributed by atoms with Crippen LogP contribution in [0.5, 0.6) is 0 Å². The maximum atomic E-state index is 11.8. The Morgan fingerprint density at radius 3 is 2.16 bits per heavy atom. The Bertz CT molecular complexity index is 1160. The second-order valence-electron chi connectivity index (χ2n) is 17.8. The van der Waals surface area contributed by atoms with Gasteiger partial charge in [-0.25, -0.2) is 0 Å². The fourth-order valence-electron chi connectivity index (χ4n) is 12.2. The van der Waals surface area contributed by atoms with Crippen LogP contribution < -0.4 is 0 Å². The van der Waals surface area contributed by atoms with E-state index >= 15 is 0 Å². The molecule has 5 fully saturated rings. The van der Waals surface area contributed by atoms with E-state index in [9.17, 15) is 35.7 Å². The van der Waals surface area contributed by atoms with E-state index in [2.05, 4.69) is 47.6 Å². The standard InChI is InChI=1S/C36H60O9/c1-31(19-44-30-29(43)28(42)27(41)22(17-37)45-30)15-21-20-7-8-24-33(3)11-10-25(39)34(4,18-38)23(33)9-12-36(24,6)35(20,5)14-13-32(21,2)26(40)16-31/h7,21-30,37-43H,8-19H2,1-6H3/t21-,22+,23+,24+,25-,26+,27+,28-,29+,30+,31-,32+,33-,34+,35+,36+/m0/s1. The van der Waals surface area contributed by atoms with Gasteiger partial charge in [0.2, 0.25) is 0 Å². The first-order valence-electron chi connectivity index (χ1n) is 17.5. The van der Waals surface area contributed by atoms with Crippen LogP contribution in [-0.4, -0.2) is 98.5 Å². The van der Waals surface area contributed by atoms with Gasteiger partial charge in [-0.05, 0) is 97.2 Å². The molecule has 0 radical (unpaired) electrons. The van der Waals surface area contributed by atoms with E-state index in [-0.39, 0.29) is 46.7 Å². The quantitative estimate of drug-likeness (QED) is 0.225. The summed E-state index contributed by atoms with van der Waals surface area (Å²) in [5.41, 5.74) is 0.323. The Balaban J connectivity index is 1.28. The lowest BCUT2D eigenvalue weighted by molar-refractivity contribution is -0.308. The first-order valence-corrected chi connectivity index (χ1v) is 17.5. The fraction of sp³-hybridized carbons (Fsp3) is 0.944. The highest BCUT2D eigenvalue weighted by atomic mass is 16.7. The zero-order valence-electron chi connectivity index (χ0n) is 28.3. The van der Waals surface area contributed by atoms with Crippen molar-refractivity contribution in [1.82, 2.24) is 0 Å². The lowest BCUT2D eigenvalue weighted by Gasteiger charge is -2.71. The van der Waals surface area contributed by atoms with Crippen molar-refractivity contribution in [2.24, 2.45) is 50.2 Å². The predicted molar refractivity (Wildman–Crippen MR) is 168 cm³/mol. The predicted octanol–water partition coefficient (Wildman–Crippen LogP) is 2.91. The second kappa shape index (κ2) is 11.2. The molecule has 6 aliphatic rings. The molecule has 0 unspecified atom stereocenters. The van der Waals surface area contributed by atoms with Gasteiger partial charge in [-0.2, -0.15) is 0 Å². The molecule has 6 rings (SSSR count). The Morgan fingerprint density at radius 1 is 0.778 bits per heavy atom. The molecule has 1 aliphatic heterocycles. The first kappa shape index (κ1) is 34.3. The maximum absolute atomic E-state index is 11.8. The molecule has 1 saturated heterocycles. The second-order valence-corrected chi connectivity index (χ2v) is 17.8. The molecule has 0 spiro atoms. The van der Waals surface area contributed by atoms with Gasteiger partial charge in [0.15, 0.2) is 6.29 Å². The van der Waals surface area contributed by atoms with Gasteiger partial charge in [0, 0.05) is 10.8 Å². The zero-order chi connectivity index (χ0) is 33.0. The number of hydrogen-bond donors (Lipinski definition) is 7. The molecule has 0 aromatic rings. The van der Waals surface area contributed by atoms with Crippen molar-refractivity contribution in [1.29, 1.82) is 0 Å². The lowest BCUT2D eigenvalue weighted by atomic mass is 9.33. The van der Waals surface area contributed by atoms with Crippen LogP contribution in [0.4, 0.5) is 0 Å². The molecule has 4 saturated carbocycles. The fourth-order valence-corrected chi connectivity index (χ4v) is 12.2. The van der Waals surface area contributed by atoms with Gasteiger partial charge >= 0.3 is 0 Å². The van der Waals surface area contributed by atoms with Gasteiger partial charge in [-0.3, -0.25) is 0 Å². The van der Waals surface area contributed by atoms with E-state index in [1.165, 1.54) is 5.57 Å². The topological polar surface area (TPSA) is 160 Å². The zero-order valence-corrected chi connectivity index (χ0v) is 28.3. The molecule has 1 heterocycles. The molecule has 258 valence electrons. The van der Waals surface area contributed by atoms with E-state index in [0.717, 1.165) is 51.4 Å². The van der Waals surface area contributed by atoms with Gasteiger partial charge in [-0.15, -0.1) is 0 Å². The normalized spacial score (nSPS) is 58.0. The summed E-state index contributed by atoms with van der Waals surface area (Å²) >= 11 is 0. The number of ether oxygens (including phenoxy) is 2. The molecule has 5 aliphatic carbocycles. The Labute approximate surface area is 269 Å². The van der Waals surface area contributed by atoms with Crippen LogP contribution in [0.2, 0.25) is 0 Å². The number of fused-ring (bicyclic) bond motifs is 7. The first-order chi connectivity index (χ1) is 20.9. The van der Waals surface area contributed by atoms with Crippen molar-refractivity contribution < 1.29 is 45.2 Å². The Hall–Kier alpha value is -0.620. The van der Waals surface area contributed by atoms with Gasteiger partial charge < -0.3 is 45.2 Å². The summed E-state index contributed by atoms with van der Waals surface area (Å²) in [5.74, 6) is 0.862. The third-order valence-electron chi connectivity index (χ3n) is 15.6. The highest BCUT2D eigenvalue weighted by molar-refractivity contribution is 5.34. The molecule has 16 atom stereocenters. The van der Waals surface area contributed by atoms with Gasteiger partial charge in [0.25, 0.3) is 0 Å². The third kappa shape index (κ3) is 4.73. The lowest BCUT2D eigenvalue weighted by Crippen LogP contribution is -2.66. The Morgan fingerprint density at radius 2 is 1.49 bits per heavy atom. The monoisotopic (exact) mass is 636 g/mol. The van der Waals surface area contributed by atoms with Crippen LogP contribution in [0.1, 0.15) is 99.3 Å². The molecule has 9 heteroatoms. The van der Waals surface area contributed by atoms with Crippen molar-refractivity contribution in [2.45, 2.75) is 142 Å². The molecule has 0 aromatic carbocycles. The van der Waals surface area contributed by atoms with Crippen molar-refractivity contribution in [3.05, 3.63) is 11.6 Å². The Kier molecular flexibility index (Phi) is 8.53. The molecular weight excluding hydrogens is 576 g/mol. The summed E-state index contributed by atoms with van der Waals surface area (Å²) in [5, 5.41) is 74.0. The summed E-state index contributed by atoms with van der Waals surface area (Å²) in [7, 11) is 0. The van der Waals surface area contributed by atoms with Crippen LogP contribution in [-0.2, 0) is 9.47 Å². The summed E-state index contributed by atoms with van der Waals surface area (Å²) in [6, 6.07) is 0. The average molecular weight is 637 g/mol. The van der Waals surface area contributed by atoms with E-state index < -0.39 is 60.4 Å². The number of rotatable bonds is 5. The van der Waals surface area contributed by atoms with Crippen molar-refractivity contribution in [3.8, 4) is 0 Å². The largest absolute Gasteiger partial charge is 0.396 e. The molecule has 7 N–H and O–H groups in total. The SMILES string of the molecule is C[C@@]1(CO[C@@H]2O[C@H](CO)[C@@H](O)[C@H](O)[C@H]2O)C[C@@H](O)[C@]2(C)CC[C@]3(C)C(=CC[C@@H]4[C@@]5(C)CC[C@H](O)[C@](C)(CO)[C@@H]5CC[C@]43C)[C@@H]2C1. The van der Waals surface area contributed by atoms with Gasteiger partial charge in [0.1, 0.15) is 24.4 Å². The molecular formula is C36H60O9. The maximum Gasteiger partial charge on any atom is 0.186 e. The van der Waals surface area contributed by atoms with Crippen LogP contribution in [0.3, 0.4) is 0 Å². The van der Waals surface area contributed by atoms with Crippen molar-refractivity contribution in [3.63, 3.8) is 0 Å². The van der Waals surface area contributed by atoms with Crippen LogP contribution in [0.25, 0.3) is 0 Å². The smallest absolute Gasteiger partial charge is 0.186 e. The summed E-state index contributed by atoms with van der Waals surface area (Å²) in [4.78, 5) is 0. The van der Waals surface area contributed by atoms with Crippen LogP contribution in [0.15, 0.2) is 11.6 Å². The van der Waals surface area contributed by atoms with Gasteiger partial charge in [0.05, 0.1) is 32.0 Å². The molecule has 45 heavy (non-hydrogen) atoms. The highest BCUT2D eigenvalue weighted by Gasteiger charge is 2.69. The minimum absolute atomic E-state index is 0.0122. The van der Waals surface area contributed by atoms with E-state index in [4.69, 9.17) is 9.47 Å². The van der Waals surface area contributed by atoms with E-state index in [0.29, 0.717) is 12.3 Å². The highest BCUT2D eigenvalue weighted by Crippen LogP contribution is 2.75. The minimum atomic E-state index is -1.49. The molecule has 0 aromatic heterocycles. The number of aliphatic hydroxyl groups is 7. The van der Waals surface area contributed by atoms with Gasteiger partial charge in [-0.1, -0.05) is 53.2 Å². The van der Waals surface area contributed by atoms with E-state index in [1.807, 2.05) is 0 Å². The molecule has 0 amide bonds. The summed E-state index contributed by atoms with van der Waals surface area (Å²) < 4.78 is 11.7. The third-order valence-corrected chi connectivity index (χ3v) is 15.6. The van der Waals surface area contributed by atoms with Crippen LogP contribution in [0, 0.1) is 50.2 Å². The van der Waals surface area contributed by atoms with Crippen LogP contribution >= 0.6 is 0 Å². The number of allylic oxidation sites excluding steroid dienone is 2. The number of aliphatic hydroxyl groups excluding tert-OH is 7. The molecule has 9 nitrogen and oxygen atoms in total. The number of hydrogen-bond acceptors (Lipinski definition) is 9. The molecule has 0 bridgehead atoms. The average Bonchev–Trinajstić information content (AvgIpc) is 2.99.